The molecule has 0 aromatic carbocycles. The molecular formula is C14H26N4O4S. The molecule has 23 heavy (non-hydrogen) atoms. The molecule has 9 heteroatoms. The molecule has 0 aliphatic carbocycles. The van der Waals surface area contributed by atoms with Crippen LogP contribution in [0.3, 0.4) is 0 Å². The van der Waals surface area contributed by atoms with Crippen LogP contribution in [0.4, 0.5) is 4.79 Å². The summed E-state index contributed by atoms with van der Waals surface area (Å²) >= 11 is 0. The molecule has 0 unspecified atom stereocenters. The van der Waals surface area contributed by atoms with E-state index >= 15 is 0 Å². The predicted molar refractivity (Wildman–Crippen MR) is 85.7 cm³/mol. The molecule has 1 saturated heterocycles. The van der Waals surface area contributed by atoms with Crippen molar-refractivity contribution in [3.8, 4) is 6.07 Å². The van der Waals surface area contributed by atoms with E-state index in [9.17, 15) is 13.2 Å². The number of likely N-dealkylation sites (tertiary alicyclic amines) is 1. The first kappa shape index (κ1) is 19.7. The highest BCUT2D eigenvalue weighted by atomic mass is 32.2. The lowest BCUT2D eigenvalue weighted by molar-refractivity contribution is 0.0229. The molecule has 1 N–H and O–H groups in total. The highest BCUT2D eigenvalue weighted by Gasteiger charge is 2.33. The van der Waals surface area contributed by atoms with Crippen molar-refractivity contribution in [1.29, 1.82) is 5.26 Å². The van der Waals surface area contributed by atoms with E-state index in [2.05, 4.69) is 4.72 Å². The molecule has 1 amide bonds. The minimum Gasteiger partial charge on any atom is -0.444 e. The van der Waals surface area contributed by atoms with E-state index < -0.39 is 21.9 Å². The number of amides is 1. The summed E-state index contributed by atoms with van der Waals surface area (Å²) < 4.78 is 33.1. The first-order chi connectivity index (χ1) is 10.6. The van der Waals surface area contributed by atoms with Gasteiger partial charge in [0, 0.05) is 39.1 Å². The zero-order valence-electron chi connectivity index (χ0n) is 14.2. The summed E-state index contributed by atoms with van der Waals surface area (Å²) in [6, 6.07) is 1.69. The van der Waals surface area contributed by atoms with E-state index in [4.69, 9.17) is 10.00 Å². The topological polar surface area (TPSA) is 103 Å². The van der Waals surface area contributed by atoms with Gasteiger partial charge in [0.2, 0.25) is 0 Å². The van der Waals surface area contributed by atoms with Crippen LogP contribution < -0.4 is 4.72 Å². The van der Waals surface area contributed by atoms with Gasteiger partial charge >= 0.3 is 6.09 Å². The smallest absolute Gasteiger partial charge is 0.410 e. The fraction of sp³-hybridized carbons (Fsp3) is 0.857. The van der Waals surface area contributed by atoms with Gasteiger partial charge in [-0.1, -0.05) is 0 Å². The summed E-state index contributed by atoms with van der Waals surface area (Å²) in [5.74, 6) is 0. The third kappa shape index (κ3) is 6.33. The second kappa shape index (κ2) is 7.95. The van der Waals surface area contributed by atoms with E-state index in [0.29, 0.717) is 6.54 Å². The summed E-state index contributed by atoms with van der Waals surface area (Å²) in [6.45, 7) is 6.21. The summed E-state index contributed by atoms with van der Waals surface area (Å²) in [5.41, 5.74) is -0.582. The molecule has 1 atom stereocenters. The van der Waals surface area contributed by atoms with E-state index in [1.54, 1.807) is 25.7 Å². The molecule has 132 valence electrons. The number of hydrogen-bond donors (Lipinski definition) is 1. The van der Waals surface area contributed by atoms with Gasteiger partial charge in [0.25, 0.3) is 10.2 Å². The SMILES string of the molecule is CN(CCC#N)S(=O)(=O)NC[C@H]1CCCN1C(=O)OC(C)(C)C. The summed E-state index contributed by atoms with van der Waals surface area (Å²) in [4.78, 5) is 13.7. The molecule has 1 aliphatic rings. The van der Waals surface area contributed by atoms with Crippen LogP contribution in [-0.4, -0.2) is 62.0 Å². The summed E-state index contributed by atoms with van der Waals surface area (Å²) in [7, 11) is -2.23. The molecule has 1 rings (SSSR count). The van der Waals surface area contributed by atoms with Crippen LogP contribution in [0.2, 0.25) is 0 Å². The Morgan fingerprint density at radius 2 is 2.13 bits per heavy atom. The highest BCUT2D eigenvalue weighted by Crippen LogP contribution is 2.20. The van der Waals surface area contributed by atoms with Gasteiger partial charge in [-0.25, -0.2) is 9.52 Å². The zero-order chi connectivity index (χ0) is 17.7. The quantitative estimate of drug-likeness (QED) is 0.775. The molecular weight excluding hydrogens is 320 g/mol. The van der Waals surface area contributed by atoms with Gasteiger partial charge in [0.05, 0.1) is 6.07 Å². The Kier molecular flexibility index (Phi) is 6.80. The number of carbonyl (C=O) groups excluding carboxylic acids is 1. The van der Waals surface area contributed by atoms with E-state index in [-0.39, 0.29) is 25.6 Å². The normalized spacial score (nSPS) is 19.0. The van der Waals surface area contributed by atoms with E-state index in [1.807, 2.05) is 6.07 Å². The van der Waals surface area contributed by atoms with Crippen molar-refractivity contribution in [2.45, 2.75) is 51.7 Å². The van der Waals surface area contributed by atoms with Crippen molar-refractivity contribution >= 4 is 16.3 Å². The van der Waals surface area contributed by atoms with E-state index in [1.165, 1.54) is 7.05 Å². The first-order valence-corrected chi connectivity index (χ1v) is 9.08. The molecule has 8 nitrogen and oxygen atoms in total. The molecule has 0 aromatic rings. The summed E-state index contributed by atoms with van der Waals surface area (Å²) in [6.07, 6.45) is 1.25. The molecule has 0 aromatic heterocycles. The third-order valence-corrected chi connectivity index (χ3v) is 4.99. The van der Waals surface area contributed by atoms with E-state index in [0.717, 1.165) is 17.1 Å². The predicted octanol–water partition coefficient (Wildman–Crippen LogP) is 1.07. The molecule has 0 bridgehead atoms. The average molecular weight is 346 g/mol. The Morgan fingerprint density at radius 1 is 1.48 bits per heavy atom. The number of ether oxygens (including phenoxy) is 1. The maximum Gasteiger partial charge on any atom is 0.410 e. The maximum atomic E-state index is 12.2. The standard InChI is InChI=1S/C14H26N4O4S/c1-14(2,3)22-13(19)18-10-5-7-12(18)11-16-23(20,21)17(4)9-6-8-15/h12,16H,5-7,9-11H2,1-4H3/t12-/m1/s1. The first-order valence-electron chi connectivity index (χ1n) is 7.64. The minimum absolute atomic E-state index is 0.130. The van der Waals surface area contributed by atoms with Gasteiger partial charge in [-0.2, -0.15) is 18.0 Å². The van der Waals surface area contributed by atoms with Crippen molar-refractivity contribution in [3.05, 3.63) is 0 Å². The fourth-order valence-electron chi connectivity index (χ4n) is 2.25. The Balaban J connectivity index is 2.59. The van der Waals surface area contributed by atoms with Crippen molar-refractivity contribution in [1.82, 2.24) is 13.9 Å². The Hall–Kier alpha value is -1.37. The highest BCUT2D eigenvalue weighted by molar-refractivity contribution is 7.87. The minimum atomic E-state index is -3.65. The number of rotatable bonds is 6. The number of carbonyl (C=O) groups is 1. The second-order valence-corrected chi connectivity index (χ2v) is 8.42. The van der Waals surface area contributed by atoms with Crippen LogP contribution >= 0.6 is 0 Å². The number of nitrogens with one attached hydrogen (secondary N) is 1. The molecule has 1 fully saturated rings. The van der Waals surface area contributed by atoms with Crippen molar-refractivity contribution in [2.75, 3.05) is 26.7 Å². The van der Waals surface area contributed by atoms with Crippen molar-refractivity contribution < 1.29 is 17.9 Å². The lowest BCUT2D eigenvalue weighted by Crippen LogP contribution is -2.47. The lowest BCUT2D eigenvalue weighted by atomic mass is 10.2. The van der Waals surface area contributed by atoms with Crippen LogP contribution in [0.15, 0.2) is 0 Å². The van der Waals surface area contributed by atoms with Crippen LogP contribution in [0.1, 0.15) is 40.0 Å². The van der Waals surface area contributed by atoms with Crippen LogP contribution in [0.5, 0.6) is 0 Å². The van der Waals surface area contributed by atoms with Gasteiger partial charge in [-0.05, 0) is 33.6 Å². The number of hydrogen-bond acceptors (Lipinski definition) is 5. The Labute approximate surface area is 138 Å². The maximum absolute atomic E-state index is 12.2. The number of nitriles is 1. The van der Waals surface area contributed by atoms with Crippen LogP contribution in [-0.2, 0) is 14.9 Å². The van der Waals surface area contributed by atoms with Gasteiger partial charge in [0.15, 0.2) is 0 Å². The van der Waals surface area contributed by atoms with Gasteiger partial charge in [-0.15, -0.1) is 0 Å². The van der Waals surface area contributed by atoms with Gasteiger partial charge in [0.1, 0.15) is 5.60 Å². The monoisotopic (exact) mass is 346 g/mol. The largest absolute Gasteiger partial charge is 0.444 e. The Morgan fingerprint density at radius 3 is 2.70 bits per heavy atom. The van der Waals surface area contributed by atoms with Crippen LogP contribution in [0, 0.1) is 11.3 Å². The molecule has 0 saturated carbocycles. The Bertz CT molecular complexity index is 550. The van der Waals surface area contributed by atoms with Crippen molar-refractivity contribution in [3.63, 3.8) is 0 Å². The average Bonchev–Trinajstić information content (AvgIpc) is 2.89. The van der Waals surface area contributed by atoms with Gasteiger partial charge in [-0.3, -0.25) is 0 Å². The van der Waals surface area contributed by atoms with Crippen molar-refractivity contribution in [2.24, 2.45) is 0 Å². The second-order valence-electron chi connectivity index (χ2n) is 6.55. The number of nitrogens with zero attached hydrogens (tertiary/aromatic N) is 3. The molecule has 1 aliphatic heterocycles. The summed E-state index contributed by atoms with van der Waals surface area (Å²) in [5, 5.41) is 8.52. The van der Waals surface area contributed by atoms with Gasteiger partial charge < -0.3 is 9.64 Å². The molecule has 0 spiro atoms. The fourth-order valence-corrected chi connectivity index (χ4v) is 3.20. The zero-order valence-corrected chi connectivity index (χ0v) is 15.0. The molecule has 1 heterocycles. The third-order valence-electron chi connectivity index (χ3n) is 3.46. The lowest BCUT2D eigenvalue weighted by Gasteiger charge is -2.29. The van der Waals surface area contributed by atoms with Crippen LogP contribution in [0.25, 0.3) is 0 Å². The molecule has 0 radical (unpaired) electrons.